The normalized spacial score (nSPS) is 46.6. The highest BCUT2D eigenvalue weighted by atomic mass is 14.9. The number of hydrogen-bond acceptors (Lipinski definition) is 1. The van der Waals surface area contributed by atoms with E-state index in [1.165, 1.54) is 19.3 Å². The highest BCUT2D eigenvalue weighted by molar-refractivity contribution is 5.05. The first-order valence-electron chi connectivity index (χ1n) is 4.83. The van der Waals surface area contributed by atoms with Gasteiger partial charge in [0.1, 0.15) is 0 Å². The van der Waals surface area contributed by atoms with Crippen LogP contribution in [0.4, 0.5) is 0 Å². The summed E-state index contributed by atoms with van der Waals surface area (Å²) in [6, 6.07) is 0.815. The summed E-state index contributed by atoms with van der Waals surface area (Å²) in [6.07, 6.45) is 4.35. The molecule has 0 aromatic carbocycles. The molecule has 0 aromatic heterocycles. The molecule has 0 aliphatic heterocycles. The lowest BCUT2D eigenvalue weighted by Gasteiger charge is -2.60. The zero-order chi connectivity index (χ0) is 8.06. The van der Waals surface area contributed by atoms with E-state index in [1.54, 1.807) is 0 Å². The maximum absolute atomic E-state index is 3.45. The highest BCUT2D eigenvalue weighted by Crippen LogP contribution is 2.58. The fourth-order valence-corrected chi connectivity index (χ4v) is 3.16. The first kappa shape index (κ1) is 7.60. The molecule has 1 nitrogen and oxygen atoms in total. The largest absolute Gasteiger partial charge is 0.317 e. The molecule has 1 heteroatoms. The summed E-state index contributed by atoms with van der Waals surface area (Å²) >= 11 is 0. The number of hydrogen-bond donors (Lipinski definition) is 1. The van der Waals surface area contributed by atoms with E-state index in [-0.39, 0.29) is 0 Å². The molecular formula is C10H19N. The average Bonchev–Trinajstić information content (AvgIpc) is 2.04. The van der Waals surface area contributed by atoms with Gasteiger partial charge in [-0.05, 0) is 43.6 Å². The van der Waals surface area contributed by atoms with Crippen molar-refractivity contribution in [3.8, 4) is 0 Å². The molecule has 0 amide bonds. The van der Waals surface area contributed by atoms with Gasteiger partial charge < -0.3 is 5.32 Å². The molecule has 64 valence electrons. The Labute approximate surface area is 69.6 Å². The summed E-state index contributed by atoms with van der Waals surface area (Å²) in [5, 5.41) is 3.45. The van der Waals surface area contributed by atoms with Crippen molar-refractivity contribution in [2.24, 2.45) is 17.3 Å². The molecule has 11 heavy (non-hydrogen) atoms. The van der Waals surface area contributed by atoms with Crippen molar-refractivity contribution in [2.45, 2.75) is 39.2 Å². The van der Waals surface area contributed by atoms with Crippen molar-refractivity contribution in [3.63, 3.8) is 0 Å². The maximum Gasteiger partial charge on any atom is 0.00977 e. The maximum atomic E-state index is 3.45. The Morgan fingerprint density at radius 3 is 2.36 bits per heavy atom. The molecule has 0 heterocycles. The summed E-state index contributed by atoms with van der Waals surface area (Å²) < 4.78 is 0. The van der Waals surface area contributed by atoms with E-state index < -0.39 is 0 Å². The first-order valence-corrected chi connectivity index (χ1v) is 4.83. The van der Waals surface area contributed by atoms with Gasteiger partial charge in [0.25, 0.3) is 0 Å². The predicted molar refractivity (Wildman–Crippen MR) is 47.5 cm³/mol. The zero-order valence-corrected chi connectivity index (χ0v) is 7.85. The minimum absolute atomic E-state index is 0.645. The van der Waals surface area contributed by atoms with E-state index in [2.05, 4.69) is 26.2 Å². The van der Waals surface area contributed by atoms with Crippen LogP contribution in [-0.2, 0) is 0 Å². The Kier molecular flexibility index (Phi) is 1.54. The smallest absolute Gasteiger partial charge is 0.00977 e. The Balaban J connectivity index is 2.10. The molecule has 0 radical (unpaired) electrons. The van der Waals surface area contributed by atoms with Crippen molar-refractivity contribution in [1.29, 1.82) is 0 Å². The monoisotopic (exact) mass is 153 g/mol. The van der Waals surface area contributed by atoms with Crippen LogP contribution in [0, 0.1) is 17.3 Å². The van der Waals surface area contributed by atoms with E-state index in [9.17, 15) is 0 Å². The summed E-state index contributed by atoms with van der Waals surface area (Å²) in [5.74, 6) is 2.00. The van der Waals surface area contributed by atoms with Crippen molar-refractivity contribution in [1.82, 2.24) is 5.32 Å². The van der Waals surface area contributed by atoms with Crippen LogP contribution >= 0.6 is 0 Å². The molecule has 3 fully saturated rings. The van der Waals surface area contributed by atoms with E-state index in [0.717, 1.165) is 17.9 Å². The highest BCUT2D eigenvalue weighted by Gasteiger charge is 2.53. The molecule has 3 aliphatic rings. The van der Waals surface area contributed by atoms with Crippen molar-refractivity contribution in [3.05, 3.63) is 0 Å². The molecule has 3 saturated carbocycles. The van der Waals surface area contributed by atoms with E-state index in [4.69, 9.17) is 0 Å². The van der Waals surface area contributed by atoms with Crippen molar-refractivity contribution in [2.75, 3.05) is 7.05 Å². The standard InChI is InChI=1S/C10H19N/c1-10(2)7-4-5-9(11-3)8(10)6-7/h7-9,11H,4-6H2,1-3H3/t7-,8?,9?/m1/s1. The Morgan fingerprint density at radius 1 is 1.27 bits per heavy atom. The summed E-state index contributed by atoms with van der Waals surface area (Å²) in [6.45, 7) is 4.88. The van der Waals surface area contributed by atoms with Gasteiger partial charge >= 0.3 is 0 Å². The van der Waals surface area contributed by atoms with Crippen LogP contribution in [-0.4, -0.2) is 13.1 Å². The van der Waals surface area contributed by atoms with E-state index >= 15 is 0 Å². The number of rotatable bonds is 1. The molecule has 0 spiro atoms. The van der Waals surface area contributed by atoms with Gasteiger partial charge in [0, 0.05) is 6.04 Å². The first-order chi connectivity index (χ1) is 5.16. The SMILES string of the molecule is CNC1CC[C@@H]2CC1C2(C)C. The van der Waals surface area contributed by atoms with E-state index in [0.29, 0.717) is 5.41 Å². The van der Waals surface area contributed by atoms with Gasteiger partial charge in [0.2, 0.25) is 0 Å². The molecule has 0 saturated heterocycles. The quantitative estimate of drug-likeness (QED) is 0.608. The topological polar surface area (TPSA) is 12.0 Å². The molecule has 3 rings (SSSR count). The predicted octanol–water partition coefficient (Wildman–Crippen LogP) is 2.03. The minimum atomic E-state index is 0.645. The Morgan fingerprint density at radius 2 is 2.00 bits per heavy atom. The van der Waals surface area contributed by atoms with Gasteiger partial charge in [0.15, 0.2) is 0 Å². The summed E-state index contributed by atoms with van der Waals surface area (Å²) in [4.78, 5) is 0. The second-order valence-corrected chi connectivity index (χ2v) is 4.83. The summed E-state index contributed by atoms with van der Waals surface area (Å²) in [7, 11) is 2.11. The lowest BCUT2D eigenvalue weighted by Crippen LogP contribution is -2.58. The van der Waals surface area contributed by atoms with Crippen LogP contribution in [0.5, 0.6) is 0 Å². The molecule has 2 unspecified atom stereocenters. The third kappa shape index (κ3) is 0.868. The second-order valence-electron chi connectivity index (χ2n) is 4.83. The Bertz CT molecular complexity index is 160. The third-order valence-corrected chi connectivity index (χ3v) is 4.23. The second kappa shape index (κ2) is 2.22. The van der Waals surface area contributed by atoms with Crippen LogP contribution in [0.25, 0.3) is 0 Å². The van der Waals surface area contributed by atoms with Gasteiger partial charge in [-0.3, -0.25) is 0 Å². The van der Waals surface area contributed by atoms with Gasteiger partial charge in [-0.25, -0.2) is 0 Å². The van der Waals surface area contributed by atoms with Crippen molar-refractivity contribution < 1.29 is 0 Å². The molecule has 2 bridgehead atoms. The van der Waals surface area contributed by atoms with Gasteiger partial charge in [0.05, 0.1) is 0 Å². The fourth-order valence-electron chi connectivity index (χ4n) is 3.16. The lowest BCUT2D eigenvalue weighted by atomic mass is 9.47. The van der Waals surface area contributed by atoms with Gasteiger partial charge in [-0.15, -0.1) is 0 Å². The van der Waals surface area contributed by atoms with Crippen LogP contribution in [0.2, 0.25) is 0 Å². The van der Waals surface area contributed by atoms with Gasteiger partial charge in [-0.2, -0.15) is 0 Å². The number of fused-ring (bicyclic) bond motifs is 2. The fraction of sp³-hybridized carbons (Fsp3) is 1.00. The lowest BCUT2D eigenvalue weighted by molar-refractivity contribution is -0.0851. The molecule has 0 aromatic rings. The van der Waals surface area contributed by atoms with Crippen LogP contribution in [0.15, 0.2) is 0 Å². The molecule has 1 N–H and O–H groups in total. The van der Waals surface area contributed by atoms with Crippen LogP contribution in [0.1, 0.15) is 33.1 Å². The average molecular weight is 153 g/mol. The molecular weight excluding hydrogens is 134 g/mol. The van der Waals surface area contributed by atoms with Gasteiger partial charge in [-0.1, -0.05) is 13.8 Å². The van der Waals surface area contributed by atoms with Crippen molar-refractivity contribution >= 4 is 0 Å². The van der Waals surface area contributed by atoms with Crippen LogP contribution < -0.4 is 5.32 Å². The molecule has 3 aliphatic carbocycles. The minimum Gasteiger partial charge on any atom is -0.317 e. The summed E-state index contributed by atoms with van der Waals surface area (Å²) in [5.41, 5.74) is 0.645. The molecule has 3 atom stereocenters. The third-order valence-electron chi connectivity index (χ3n) is 4.23. The zero-order valence-electron chi connectivity index (χ0n) is 7.85. The Hall–Kier alpha value is -0.0400. The number of nitrogens with one attached hydrogen (secondary N) is 1. The van der Waals surface area contributed by atoms with Crippen LogP contribution in [0.3, 0.4) is 0 Å². The van der Waals surface area contributed by atoms with E-state index in [1.807, 2.05) is 0 Å².